The Morgan fingerprint density at radius 2 is 1.81 bits per heavy atom. The predicted molar refractivity (Wildman–Crippen MR) is 90.7 cm³/mol. The second-order valence-electron chi connectivity index (χ2n) is 6.35. The molecule has 2 amide bonds. The topological polar surface area (TPSA) is 58.2 Å². The van der Waals surface area contributed by atoms with Crippen LogP contribution in [0, 0.1) is 5.82 Å². The highest BCUT2D eigenvalue weighted by atomic mass is 19.4. The standard InChI is InChI=1S/C19H16F4N2O2/c1-10(11-2-5-13(6-3-11)19(21,22)23)24-18(27)14-8-12-4-7-17(26)25-16(12)9-15(14)20/h2-3,5-6,8-10H,4,7H2,1H3,(H,24,27)(H,25,26)/t10-/m0/s1. The number of benzene rings is 2. The van der Waals surface area contributed by atoms with Crippen LogP contribution in [0.3, 0.4) is 0 Å². The number of alkyl halides is 3. The van der Waals surface area contributed by atoms with Crippen LogP contribution in [0.25, 0.3) is 0 Å². The lowest BCUT2D eigenvalue weighted by molar-refractivity contribution is -0.137. The lowest BCUT2D eigenvalue weighted by Gasteiger charge is -2.19. The highest BCUT2D eigenvalue weighted by Crippen LogP contribution is 2.30. The van der Waals surface area contributed by atoms with Gasteiger partial charge in [-0.05, 0) is 48.7 Å². The summed E-state index contributed by atoms with van der Waals surface area (Å²) in [6, 6.07) is 6.28. The highest BCUT2D eigenvalue weighted by molar-refractivity contribution is 5.98. The first-order chi connectivity index (χ1) is 12.6. The third-order valence-corrected chi connectivity index (χ3v) is 4.42. The minimum absolute atomic E-state index is 0.177. The number of anilines is 1. The van der Waals surface area contributed by atoms with E-state index in [0.29, 0.717) is 23.2 Å². The zero-order valence-corrected chi connectivity index (χ0v) is 14.3. The van der Waals surface area contributed by atoms with Gasteiger partial charge in [-0.3, -0.25) is 9.59 Å². The van der Waals surface area contributed by atoms with Gasteiger partial charge >= 0.3 is 6.18 Å². The van der Waals surface area contributed by atoms with E-state index in [0.717, 1.165) is 18.2 Å². The first-order valence-corrected chi connectivity index (χ1v) is 8.25. The predicted octanol–water partition coefficient (Wildman–Crippen LogP) is 4.22. The van der Waals surface area contributed by atoms with Crippen molar-refractivity contribution >= 4 is 17.5 Å². The molecule has 0 aromatic heterocycles. The zero-order valence-electron chi connectivity index (χ0n) is 14.3. The molecule has 0 radical (unpaired) electrons. The molecule has 1 aliphatic rings. The Balaban J connectivity index is 1.76. The molecule has 27 heavy (non-hydrogen) atoms. The van der Waals surface area contributed by atoms with E-state index in [2.05, 4.69) is 10.6 Å². The van der Waals surface area contributed by atoms with Crippen LogP contribution >= 0.6 is 0 Å². The van der Waals surface area contributed by atoms with Crippen molar-refractivity contribution in [3.05, 3.63) is 64.5 Å². The van der Waals surface area contributed by atoms with Crippen LogP contribution in [-0.2, 0) is 17.4 Å². The van der Waals surface area contributed by atoms with Gasteiger partial charge < -0.3 is 10.6 Å². The van der Waals surface area contributed by atoms with Crippen LogP contribution in [0.4, 0.5) is 23.2 Å². The number of carbonyl (C=O) groups is 2. The molecule has 0 bridgehead atoms. The average molecular weight is 380 g/mol. The molecule has 142 valence electrons. The van der Waals surface area contributed by atoms with E-state index >= 15 is 0 Å². The van der Waals surface area contributed by atoms with Crippen LogP contribution in [-0.4, -0.2) is 11.8 Å². The zero-order chi connectivity index (χ0) is 19.8. The van der Waals surface area contributed by atoms with E-state index in [-0.39, 0.29) is 17.9 Å². The second kappa shape index (κ2) is 7.02. The first-order valence-electron chi connectivity index (χ1n) is 8.25. The monoisotopic (exact) mass is 380 g/mol. The summed E-state index contributed by atoms with van der Waals surface area (Å²) in [6.07, 6.45) is -3.79. The largest absolute Gasteiger partial charge is 0.416 e. The molecule has 2 aromatic rings. The molecule has 2 N–H and O–H groups in total. The van der Waals surface area contributed by atoms with Crippen LogP contribution < -0.4 is 10.6 Å². The van der Waals surface area contributed by atoms with Crippen molar-refractivity contribution in [1.29, 1.82) is 0 Å². The number of amides is 2. The van der Waals surface area contributed by atoms with Crippen molar-refractivity contribution in [3.63, 3.8) is 0 Å². The van der Waals surface area contributed by atoms with E-state index in [9.17, 15) is 27.2 Å². The van der Waals surface area contributed by atoms with E-state index in [1.54, 1.807) is 6.92 Å². The van der Waals surface area contributed by atoms with Crippen LogP contribution in [0.1, 0.15) is 46.4 Å². The Morgan fingerprint density at radius 3 is 2.44 bits per heavy atom. The summed E-state index contributed by atoms with van der Waals surface area (Å²) in [5, 5.41) is 5.13. The molecule has 0 unspecified atom stereocenters. The summed E-state index contributed by atoms with van der Waals surface area (Å²) >= 11 is 0. The summed E-state index contributed by atoms with van der Waals surface area (Å²) in [5.74, 6) is -1.68. The fourth-order valence-corrected chi connectivity index (χ4v) is 2.89. The Morgan fingerprint density at radius 1 is 1.15 bits per heavy atom. The number of aryl methyl sites for hydroxylation is 1. The van der Waals surface area contributed by atoms with Gasteiger partial charge in [0.25, 0.3) is 5.91 Å². The third-order valence-electron chi connectivity index (χ3n) is 4.42. The molecule has 0 spiro atoms. The number of halogens is 4. The number of hydrogen-bond donors (Lipinski definition) is 2. The van der Waals surface area contributed by atoms with Crippen LogP contribution in [0.2, 0.25) is 0 Å². The highest BCUT2D eigenvalue weighted by Gasteiger charge is 2.30. The summed E-state index contributed by atoms with van der Waals surface area (Å²) < 4.78 is 52.1. The number of rotatable bonds is 3. The minimum Gasteiger partial charge on any atom is -0.345 e. The van der Waals surface area contributed by atoms with Gasteiger partial charge in [0.2, 0.25) is 5.91 Å². The molecule has 1 atom stereocenters. The van der Waals surface area contributed by atoms with Crippen LogP contribution in [0.5, 0.6) is 0 Å². The molecule has 1 aliphatic heterocycles. The van der Waals surface area contributed by atoms with Crippen molar-refractivity contribution in [2.75, 3.05) is 5.32 Å². The summed E-state index contributed by atoms with van der Waals surface area (Å²) in [7, 11) is 0. The Hall–Kier alpha value is -2.90. The van der Waals surface area contributed by atoms with E-state index in [1.165, 1.54) is 18.2 Å². The molecule has 0 aliphatic carbocycles. The number of carbonyl (C=O) groups excluding carboxylic acids is 2. The molecule has 8 heteroatoms. The maximum atomic E-state index is 14.3. The quantitative estimate of drug-likeness (QED) is 0.784. The third kappa shape index (κ3) is 4.10. The molecule has 0 saturated carbocycles. The summed E-state index contributed by atoms with van der Waals surface area (Å²) in [4.78, 5) is 23.8. The van der Waals surface area contributed by atoms with Gasteiger partial charge in [-0.25, -0.2) is 4.39 Å². The van der Waals surface area contributed by atoms with Gasteiger partial charge in [0.05, 0.1) is 17.2 Å². The van der Waals surface area contributed by atoms with Crippen molar-refractivity contribution in [3.8, 4) is 0 Å². The van der Waals surface area contributed by atoms with Gasteiger partial charge in [-0.15, -0.1) is 0 Å². The smallest absolute Gasteiger partial charge is 0.345 e. The Bertz CT molecular complexity index is 892. The molecule has 1 heterocycles. The van der Waals surface area contributed by atoms with Crippen molar-refractivity contribution in [2.45, 2.75) is 32.0 Å². The fraction of sp³-hybridized carbons (Fsp3) is 0.263. The number of hydrogen-bond acceptors (Lipinski definition) is 2. The maximum absolute atomic E-state index is 14.3. The molecule has 0 saturated heterocycles. The van der Waals surface area contributed by atoms with Gasteiger partial charge in [0, 0.05) is 12.1 Å². The normalized spacial score (nSPS) is 14.9. The van der Waals surface area contributed by atoms with Crippen molar-refractivity contribution < 1.29 is 27.2 Å². The van der Waals surface area contributed by atoms with Crippen LogP contribution in [0.15, 0.2) is 36.4 Å². The van der Waals surface area contributed by atoms with Gasteiger partial charge in [-0.2, -0.15) is 13.2 Å². The van der Waals surface area contributed by atoms with Gasteiger partial charge in [0.1, 0.15) is 5.82 Å². The van der Waals surface area contributed by atoms with E-state index in [1.807, 2.05) is 0 Å². The first kappa shape index (κ1) is 18.9. The summed E-state index contributed by atoms with van der Waals surface area (Å²) in [6.45, 7) is 1.59. The SMILES string of the molecule is C[C@H](NC(=O)c1cc2c(cc1F)NC(=O)CC2)c1ccc(C(F)(F)F)cc1. The lowest BCUT2D eigenvalue weighted by Crippen LogP contribution is -2.28. The minimum atomic E-state index is -4.44. The number of nitrogens with one attached hydrogen (secondary N) is 2. The Kier molecular flexibility index (Phi) is 4.91. The maximum Gasteiger partial charge on any atom is 0.416 e. The van der Waals surface area contributed by atoms with Gasteiger partial charge in [0.15, 0.2) is 0 Å². The number of fused-ring (bicyclic) bond motifs is 1. The van der Waals surface area contributed by atoms with Crippen molar-refractivity contribution in [2.24, 2.45) is 0 Å². The van der Waals surface area contributed by atoms with E-state index < -0.39 is 29.5 Å². The summed E-state index contributed by atoms with van der Waals surface area (Å²) in [5.41, 5.74) is 0.498. The average Bonchev–Trinajstić information content (AvgIpc) is 2.60. The second-order valence-corrected chi connectivity index (χ2v) is 6.35. The molecule has 4 nitrogen and oxygen atoms in total. The molecule has 3 rings (SSSR count). The molecule has 0 fully saturated rings. The van der Waals surface area contributed by atoms with Gasteiger partial charge in [-0.1, -0.05) is 12.1 Å². The lowest BCUT2D eigenvalue weighted by atomic mass is 9.99. The Labute approximate surface area is 152 Å². The molecule has 2 aromatic carbocycles. The molecular weight excluding hydrogens is 364 g/mol. The fourth-order valence-electron chi connectivity index (χ4n) is 2.89. The molecular formula is C19H16F4N2O2. The van der Waals surface area contributed by atoms with E-state index in [4.69, 9.17) is 0 Å². The van der Waals surface area contributed by atoms with Crippen molar-refractivity contribution in [1.82, 2.24) is 5.32 Å².